The Morgan fingerprint density at radius 3 is 1.79 bits per heavy atom. The standard InChI is InChI=1S/C67H101N19O14S2/c1-38(2)33-47(61(95)79-43(57(72)91)26-32-101-3)78-55(90)35-77-58(92)48(34-39-13-5-4-6-14-39)83-62(96)49(37-102-36-40-20-23-52(87)56-41(40)15-9-28-75-56)84-60(94)44(21-24-53(70)88)80-59(93)45(22-25-54(71)89)81-63(97)51-19-12-31-86(51)66(100)46(17-7-8-27-68)82-64(98)50-18-11-30-85(50)65(99)42(69)16-10-29-76-67(73)74/h4-6,9,13-15,20,23,28,38,42-51,87H,7-8,10-12,16-19,21-22,24-27,29-37,68-69H2,1-3H3,(H2,70,88)(H2,71,89)(H2,72,91)(H,77,92)(H,78,90)(H,79,95)(H,80,93)(H,81,97)(H,82,98)(H,83,96)(H,84,94)(H4,73,74,76)/t42-,43-,44-,45-,46-,47-,48-,49-,50-,51-/m0/s1. The fourth-order valence-corrected chi connectivity index (χ4v) is 13.3. The molecule has 0 radical (unpaired) electrons. The second kappa shape index (κ2) is 42.8. The van der Waals surface area contributed by atoms with E-state index in [1.165, 1.54) is 33.8 Å². The number of unbranched alkanes of at least 4 members (excludes halogenated alkanes) is 1. The molecule has 2 aliphatic rings. The molecule has 35 heteroatoms. The van der Waals surface area contributed by atoms with Gasteiger partial charge in [0.15, 0.2) is 5.96 Å². The summed E-state index contributed by atoms with van der Waals surface area (Å²) in [6.45, 7) is 3.78. The number of thioether (sulfide) groups is 2. The first-order valence-electron chi connectivity index (χ1n) is 34.2. The number of phenolic OH excluding ortho intramolecular Hbond substituents is 1. The molecule has 33 nitrogen and oxygen atoms in total. The Balaban J connectivity index is 1.39. The molecule has 3 aromatic rings. The lowest BCUT2D eigenvalue weighted by molar-refractivity contribution is -0.144. The Morgan fingerprint density at radius 1 is 0.618 bits per heavy atom. The molecule has 2 aromatic carbocycles. The molecule has 0 spiro atoms. The third-order valence-electron chi connectivity index (χ3n) is 17.1. The zero-order valence-corrected chi connectivity index (χ0v) is 59.6. The van der Waals surface area contributed by atoms with Gasteiger partial charge in [0.2, 0.25) is 76.8 Å². The first-order chi connectivity index (χ1) is 48.6. The molecule has 102 heavy (non-hydrogen) atoms. The maximum atomic E-state index is 14.9. The van der Waals surface area contributed by atoms with Crippen LogP contribution >= 0.6 is 23.5 Å². The number of likely N-dealkylation sites (tertiary alicyclic amines) is 2. The van der Waals surface area contributed by atoms with Crippen molar-refractivity contribution in [2.24, 2.45) is 51.0 Å². The van der Waals surface area contributed by atoms with Crippen LogP contribution in [-0.4, -0.2) is 214 Å². The summed E-state index contributed by atoms with van der Waals surface area (Å²) in [6, 6.07) is 2.24. The summed E-state index contributed by atoms with van der Waals surface area (Å²) in [5, 5.41) is 32.3. The first-order valence-corrected chi connectivity index (χ1v) is 36.7. The number of fused-ring (bicyclic) bond motifs is 1. The van der Waals surface area contributed by atoms with Crippen LogP contribution in [0.4, 0.5) is 0 Å². The minimum absolute atomic E-state index is 0.0578. The largest absolute Gasteiger partial charge is 0.506 e. The zero-order valence-electron chi connectivity index (χ0n) is 58.0. The molecule has 0 aliphatic carbocycles. The number of carbonyl (C=O) groups excluding carboxylic acids is 13. The summed E-state index contributed by atoms with van der Waals surface area (Å²) in [7, 11) is 0. The van der Waals surface area contributed by atoms with Gasteiger partial charge in [-0.2, -0.15) is 23.5 Å². The number of aromatic nitrogens is 1. The molecule has 1 aromatic heterocycles. The monoisotopic (exact) mass is 1460 g/mol. The molecule has 2 fully saturated rings. The molecule has 2 aliphatic heterocycles. The highest BCUT2D eigenvalue weighted by Gasteiger charge is 2.42. The Morgan fingerprint density at radius 2 is 1.20 bits per heavy atom. The number of rotatable bonds is 44. The predicted molar refractivity (Wildman–Crippen MR) is 385 cm³/mol. The number of primary amides is 3. The summed E-state index contributed by atoms with van der Waals surface area (Å²) in [5.41, 5.74) is 41.2. The number of hydrogen-bond donors (Lipinski definition) is 16. The third-order valence-corrected chi connectivity index (χ3v) is 18.9. The lowest BCUT2D eigenvalue weighted by Crippen LogP contribution is -2.60. The van der Waals surface area contributed by atoms with E-state index in [1.807, 2.05) is 20.1 Å². The maximum absolute atomic E-state index is 14.9. The lowest BCUT2D eigenvalue weighted by atomic mass is 10.0. The third kappa shape index (κ3) is 27.2. The number of guanidine groups is 1. The molecule has 23 N–H and O–H groups in total. The number of carbonyl (C=O) groups is 13. The number of amides is 13. The average Bonchev–Trinajstić information content (AvgIpc) is 1.35. The van der Waals surface area contributed by atoms with Gasteiger partial charge < -0.3 is 97.6 Å². The Labute approximate surface area is 601 Å². The molecule has 0 saturated carbocycles. The van der Waals surface area contributed by atoms with Crippen molar-refractivity contribution in [3.05, 3.63) is 71.9 Å². The molecular weight excluding hydrogens is 1360 g/mol. The number of nitrogens with zero attached hydrogens (tertiary/aromatic N) is 4. The summed E-state index contributed by atoms with van der Waals surface area (Å²) in [6.07, 6.45) is 4.53. The number of nitrogens with one attached hydrogen (secondary N) is 8. The van der Waals surface area contributed by atoms with Crippen molar-refractivity contribution in [1.82, 2.24) is 57.3 Å². The predicted octanol–water partition coefficient (Wildman–Crippen LogP) is -2.77. The van der Waals surface area contributed by atoms with Crippen molar-refractivity contribution in [3.63, 3.8) is 0 Å². The molecule has 3 heterocycles. The number of pyridine rings is 1. The fraction of sp³-hybridized carbons (Fsp3) is 0.567. The van der Waals surface area contributed by atoms with E-state index in [2.05, 4.69) is 52.5 Å². The Kier molecular flexibility index (Phi) is 35.0. The summed E-state index contributed by atoms with van der Waals surface area (Å²) in [5.74, 6) is -10.2. The Bertz CT molecular complexity index is 3420. The smallest absolute Gasteiger partial charge is 0.245 e. The van der Waals surface area contributed by atoms with E-state index in [9.17, 15) is 67.4 Å². The van der Waals surface area contributed by atoms with Gasteiger partial charge in [0.1, 0.15) is 65.6 Å². The van der Waals surface area contributed by atoms with Crippen LogP contribution in [0.1, 0.15) is 121 Å². The highest BCUT2D eigenvalue weighted by Crippen LogP contribution is 2.29. The van der Waals surface area contributed by atoms with E-state index in [0.29, 0.717) is 59.9 Å². The van der Waals surface area contributed by atoms with Crippen LogP contribution in [0, 0.1) is 5.92 Å². The van der Waals surface area contributed by atoms with Crippen LogP contribution < -0.4 is 82.7 Å². The van der Waals surface area contributed by atoms with Gasteiger partial charge in [0.25, 0.3) is 0 Å². The van der Waals surface area contributed by atoms with Crippen LogP contribution in [0.5, 0.6) is 5.75 Å². The highest BCUT2D eigenvalue weighted by molar-refractivity contribution is 7.98. The van der Waals surface area contributed by atoms with Gasteiger partial charge in [0.05, 0.1) is 12.6 Å². The van der Waals surface area contributed by atoms with Crippen molar-refractivity contribution < 1.29 is 67.4 Å². The molecular formula is C67H101N19O14S2. The van der Waals surface area contributed by atoms with E-state index in [4.69, 9.17) is 40.1 Å². The van der Waals surface area contributed by atoms with Gasteiger partial charge in [-0.15, -0.1) is 0 Å². The zero-order chi connectivity index (χ0) is 75.0. The second-order valence-corrected chi connectivity index (χ2v) is 27.6. The van der Waals surface area contributed by atoms with Crippen molar-refractivity contribution in [2.45, 2.75) is 183 Å². The number of benzene rings is 2. The molecule has 0 unspecified atom stereocenters. The van der Waals surface area contributed by atoms with Gasteiger partial charge in [-0.25, -0.2) is 0 Å². The summed E-state index contributed by atoms with van der Waals surface area (Å²) < 4.78 is 0. The molecule has 2 saturated heterocycles. The van der Waals surface area contributed by atoms with E-state index >= 15 is 0 Å². The van der Waals surface area contributed by atoms with Crippen LogP contribution in [0.3, 0.4) is 0 Å². The highest BCUT2D eigenvalue weighted by atomic mass is 32.2. The summed E-state index contributed by atoms with van der Waals surface area (Å²) in [4.78, 5) is 191. The SMILES string of the molecule is CSCC[C@H](NC(=O)[C@H](CC(C)C)NC(=O)CNC(=O)[C@H](Cc1ccccc1)NC(=O)[C@H](CSCc1ccc(O)c2ncccc12)NC(=O)[C@H](CCC(N)=O)NC(=O)[C@H](CCC(N)=O)NC(=O)[C@@H]1CCCN1C(=O)[C@H](CCCCN)NC(=O)[C@@H]1CCCN1C(=O)[C@@H](N)CCCN=C(N)N)C(N)=O. The van der Waals surface area contributed by atoms with Crippen LogP contribution in [-0.2, 0) is 74.5 Å². The van der Waals surface area contributed by atoms with Crippen LogP contribution in [0.25, 0.3) is 10.9 Å². The molecule has 5 rings (SSSR count). The van der Waals surface area contributed by atoms with Crippen molar-refractivity contribution in [2.75, 3.05) is 50.5 Å². The van der Waals surface area contributed by atoms with Crippen molar-refractivity contribution in [1.29, 1.82) is 0 Å². The van der Waals surface area contributed by atoms with E-state index in [-0.39, 0.29) is 100 Å². The van der Waals surface area contributed by atoms with Crippen molar-refractivity contribution in [3.8, 4) is 5.75 Å². The quantitative estimate of drug-likeness (QED) is 0.0155. The molecule has 0 bridgehead atoms. The number of hydrogen-bond acceptors (Lipinski definition) is 20. The normalized spacial score (nSPS) is 16.5. The number of phenols is 1. The van der Waals surface area contributed by atoms with E-state index in [1.54, 1.807) is 48.5 Å². The maximum Gasteiger partial charge on any atom is 0.245 e. The van der Waals surface area contributed by atoms with Crippen LogP contribution in [0.2, 0.25) is 0 Å². The topological polar surface area (TPSA) is 552 Å². The molecule has 10 atom stereocenters. The minimum atomic E-state index is -1.69. The lowest BCUT2D eigenvalue weighted by Gasteiger charge is -2.32. The van der Waals surface area contributed by atoms with Gasteiger partial charge >= 0.3 is 0 Å². The van der Waals surface area contributed by atoms with Gasteiger partial charge in [-0.1, -0.05) is 56.3 Å². The number of nitrogens with two attached hydrogens (primary N) is 7. The number of aromatic hydroxyl groups is 1. The number of aliphatic imine (C=N–C) groups is 1. The van der Waals surface area contributed by atoms with E-state index in [0.717, 1.165) is 11.8 Å². The van der Waals surface area contributed by atoms with Gasteiger partial charge in [-0.3, -0.25) is 72.3 Å². The first kappa shape index (κ1) is 83.3. The van der Waals surface area contributed by atoms with Crippen molar-refractivity contribution >= 4 is 117 Å². The average molecular weight is 1460 g/mol. The fourth-order valence-electron chi connectivity index (χ4n) is 11.8. The van der Waals surface area contributed by atoms with Crippen LogP contribution in [0.15, 0.2) is 65.8 Å². The van der Waals surface area contributed by atoms with Gasteiger partial charge in [-0.05, 0) is 131 Å². The second-order valence-electron chi connectivity index (χ2n) is 25.6. The summed E-state index contributed by atoms with van der Waals surface area (Å²) >= 11 is 2.59. The van der Waals surface area contributed by atoms with E-state index < -0.39 is 169 Å². The minimum Gasteiger partial charge on any atom is -0.506 e. The molecule has 13 amide bonds. The Hall–Kier alpha value is -9.35. The van der Waals surface area contributed by atoms with Gasteiger partial charge in [0, 0.05) is 62.0 Å². The molecule has 560 valence electrons.